The third kappa shape index (κ3) is 6.75. The molecule has 36 heavy (non-hydrogen) atoms. The van der Waals surface area contributed by atoms with E-state index in [4.69, 9.17) is 4.74 Å². The number of amides is 1. The van der Waals surface area contributed by atoms with Crippen LogP contribution >= 0.6 is 22.6 Å². The fourth-order valence-corrected chi connectivity index (χ4v) is 6.37. The number of ether oxygens (including phenoxy) is 1. The van der Waals surface area contributed by atoms with E-state index >= 15 is 0 Å². The Bertz CT molecular complexity index is 1430. The minimum Gasteiger partial charge on any atom is -0.495 e. The number of sulfonamides is 2. The number of carbonyl (C=O) groups is 1. The monoisotopic (exact) mass is 643 g/mol. The van der Waals surface area contributed by atoms with Crippen molar-refractivity contribution in [2.24, 2.45) is 0 Å². The Labute approximate surface area is 225 Å². The van der Waals surface area contributed by atoms with Crippen LogP contribution in [-0.4, -0.2) is 42.4 Å². The minimum absolute atomic E-state index is 0.0294. The summed E-state index contributed by atoms with van der Waals surface area (Å²) in [5.41, 5.74) is 0.396. The largest absolute Gasteiger partial charge is 0.495 e. The smallest absolute Gasteiger partial charge is 0.264 e. The maximum absolute atomic E-state index is 13.4. The number of carbonyl (C=O) groups excluding carboxylic acids is 1. The maximum atomic E-state index is 13.4. The van der Waals surface area contributed by atoms with E-state index in [1.807, 2.05) is 0 Å². The lowest BCUT2D eigenvalue weighted by molar-refractivity contribution is -0.114. The SMILES string of the molecule is COc1ccc(S(=O)(=O)NC(C)C)cc1NC(=O)CN(c1ccc(I)cc1)S(=O)(=O)c1ccccc1. The molecule has 0 fully saturated rings. The van der Waals surface area contributed by atoms with E-state index in [1.54, 1.807) is 56.3 Å². The fourth-order valence-electron chi connectivity index (χ4n) is 3.29. The Kier molecular flexibility index (Phi) is 8.98. The van der Waals surface area contributed by atoms with Gasteiger partial charge in [0.1, 0.15) is 12.3 Å². The summed E-state index contributed by atoms with van der Waals surface area (Å²) in [7, 11) is -6.54. The minimum atomic E-state index is -4.08. The van der Waals surface area contributed by atoms with Crippen molar-refractivity contribution in [2.45, 2.75) is 29.7 Å². The normalized spacial score (nSPS) is 11.8. The summed E-state index contributed by atoms with van der Waals surface area (Å²) in [5, 5.41) is 2.60. The third-order valence-electron chi connectivity index (χ3n) is 4.88. The standard InChI is InChI=1S/C24H26IN3O6S2/c1-17(2)27-35(30,31)21-13-14-23(34-3)22(15-21)26-24(29)16-28(19-11-9-18(25)10-12-19)36(32,33)20-7-5-4-6-8-20/h4-15,17,27H,16H2,1-3H3,(H,26,29). The average Bonchev–Trinajstić information content (AvgIpc) is 2.83. The highest BCUT2D eigenvalue weighted by Gasteiger charge is 2.28. The number of hydrogen-bond donors (Lipinski definition) is 2. The highest BCUT2D eigenvalue weighted by Crippen LogP contribution is 2.29. The van der Waals surface area contributed by atoms with E-state index in [2.05, 4.69) is 32.6 Å². The molecule has 0 atom stereocenters. The van der Waals surface area contributed by atoms with Crippen LogP contribution < -0.4 is 19.1 Å². The number of benzene rings is 3. The van der Waals surface area contributed by atoms with Crippen molar-refractivity contribution in [1.82, 2.24) is 4.72 Å². The van der Waals surface area contributed by atoms with E-state index in [0.717, 1.165) is 7.88 Å². The molecule has 0 unspecified atom stereocenters. The van der Waals surface area contributed by atoms with Crippen molar-refractivity contribution in [3.63, 3.8) is 0 Å². The first-order chi connectivity index (χ1) is 16.9. The number of nitrogens with zero attached hydrogens (tertiary/aromatic N) is 1. The van der Waals surface area contributed by atoms with Crippen LogP contribution in [0.1, 0.15) is 13.8 Å². The van der Waals surface area contributed by atoms with Gasteiger partial charge in [-0.3, -0.25) is 9.10 Å². The van der Waals surface area contributed by atoms with Crippen LogP contribution in [0.2, 0.25) is 0 Å². The van der Waals surface area contributed by atoms with Crippen LogP contribution in [-0.2, 0) is 24.8 Å². The predicted octanol–water partition coefficient (Wildman–Crippen LogP) is 3.82. The lowest BCUT2D eigenvalue weighted by atomic mass is 10.3. The second kappa shape index (κ2) is 11.6. The molecule has 0 radical (unpaired) electrons. The summed E-state index contributed by atoms with van der Waals surface area (Å²) in [6.45, 7) is 2.83. The molecule has 3 rings (SSSR count). The third-order valence-corrected chi connectivity index (χ3v) is 9.04. The van der Waals surface area contributed by atoms with E-state index < -0.39 is 32.5 Å². The summed E-state index contributed by atoms with van der Waals surface area (Å²) in [6, 6.07) is 18.2. The Balaban J connectivity index is 1.96. The maximum Gasteiger partial charge on any atom is 0.264 e. The molecule has 0 bridgehead atoms. The Morgan fingerprint density at radius 2 is 1.58 bits per heavy atom. The van der Waals surface area contributed by atoms with Crippen molar-refractivity contribution >= 4 is 59.9 Å². The van der Waals surface area contributed by atoms with Crippen molar-refractivity contribution in [3.8, 4) is 5.75 Å². The molecule has 0 saturated heterocycles. The average molecular weight is 644 g/mol. The molecule has 3 aromatic carbocycles. The zero-order valence-corrected chi connectivity index (χ0v) is 23.6. The number of methoxy groups -OCH3 is 1. The number of anilines is 2. The van der Waals surface area contributed by atoms with Gasteiger partial charge in [0.15, 0.2) is 0 Å². The number of hydrogen-bond acceptors (Lipinski definition) is 6. The molecule has 1 amide bonds. The van der Waals surface area contributed by atoms with E-state index in [1.165, 1.54) is 37.4 Å². The van der Waals surface area contributed by atoms with Gasteiger partial charge in [0.25, 0.3) is 10.0 Å². The van der Waals surface area contributed by atoms with Gasteiger partial charge in [-0.1, -0.05) is 18.2 Å². The van der Waals surface area contributed by atoms with Crippen molar-refractivity contribution < 1.29 is 26.4 Å². The Hall–Kier alpha value is -2.68. The van der Waals surface area contributed by atoms with E-state index in [-0.39, 0.29) is 27.3 Å². The first-order valence-corrected chi connectivity index (χ1v) is 14.8. The summed E-state index contributed by atoms with van der Waals surface area (Å²) in [5.74, 6) is -0.462. The van der Waals surface area contributed by atoms with Crippen LogP contribution in [0.15, 0.2) is 82.6 Å². The molecule has 0 saturated carbocycles. The summed E-state index contributed by atoms with van der Waals surface area (Å²) >= 11 is 2.10. The lowest BCUT2D eigenvalue weighted by Crippen LogP contribution is -2.38. The van der Waals surface area contributed by atoms with Gasteiger partial charge in [-0.05, 0) is 91.0 Å². The highest BCUT2D eigenvalue weighted by molar-refractivity contribution is 14.1. The fraction of sp³-hybridized carbons (Fsp3) is 0.208. The molecule has 0 heterocycles. The van der Waals surface area contributed by atoms with E-state index in [0.29, 0.717) is 5.69 Å². The number of nitrogens with one attached hydrogen (secondary N) is 2. The van der Waals surface area contributed by atoms with E-state index in [9.17, 15) is 21.6 Å². The second-order valence-electron chi connectivity index (χ2n) is 7.99. The zero-order valence-electron chi connectivity index (χ0n) is 19.8. The topological polar surface area (TPSA) is 122 Å². The Morgan fingerprint density at radius 1 is 0.944 bits per heavy atom. The number of halogens is 1. The molecule has 3 aromatic rings. The van der Waals surface area contributed by atoms with Gasteiger partial charge in [0.2, 0.25) is 15.9 Å². The van der Waals surface area contributed by atoms with Crippen molar-refractivity contribution in [1.29, 1.82) is 0 Å². The predicted molar refractivity (Wildman–Crippen MR) is 147 cm³/mol. The van der Waals surface area contributed by atoms with Crippen LogP contribution in [0.3, 0.4) is 0 Å². The first-order valence-electron chi connectivity index (χ1n) is 10.8. The molecule has 12 heteroatoms. The molecular weight excluding hydrogens is 617 g/mol. The quantitative estimate of drug-likeness (QED) is 0.324. The van der Waals surface area contributed by atoms with Gasteiger partial charge < -0.3 is 10.1 Å². The second-order valence-corrected chi connectivity index (χ2v) is 12.8. The molecule has 0 aliphatic carbocycles. The first kappa shape index (κ1) is 27.9. The molecule has 2 N–H and O–H groups in total. The van der Waals surface area contributed by atoms with Crippen molar-refractivity contribution in [2.75, 3.05) is 23.3 Å². The van der Waals surface area contributed by atoms with Crippen LogP contribution in [0.5, 0.6) is 5.75 Å². The van der Waals surface area contributed by atoms with Gasteiger partial charge in [0.05, 0.1) is 28.3 Å². The Morgan fingerprint density at radius 3 is 2.17 bits per heavy atom. The lowest BCUT2D eigenvalue weighted by Gasteiger charge is -2.24. The molecule has 0 aliphatic heterocycles. The summed E-state index contributed by atoms with van der Waals surface area (Å²) in [4.78, 5) is 13.1. The van der Waals surface area contributed by atoms with Crippen LogP contribution in [0, 0.1) is 3.57 Å². The zero-order chi connectivity index (χ0) is 26.5. The molecule has 0 aromatic heterocycles. The summed E-state index contributed by atoms with van der Waals surface area (Å²) < 4.78 is 61.8. The van der Waals surface area contributed by atoms with Gasteiger partial charge in [-0.2, -0.15) is 0 Å². The number of rotatable bonds is 10. The molecular formula is C24H26IN3O6S2. The molecule has 0 aliphatic rings. The van der Waals surface area contributed by atoms with Crippen LogP contribution in [0.25, 0.3) is 0 Å². The summed E-state index contributed by atoms with van der Waals surface area (Å²) in [6.07, 6.45) is 0. The van der Waals surface area contributed by atoms with Crippen molar-refractivity contribution in [3.05, 3.63) is 76.4 Å². The van der Waals surface area contributed by atoms with Gasteiger partial charge in [-0.15, -0.1) is 0 Å². The molecule has 0 spiro atoms. The van der Waals surface area contributed by atoms with Gasteiger partial charge >= 0.3 is 0 Å². The van der Waals surface area contributed by atoms with Gasteiger partial charge in [-0.25, -0.2) is 21.6 Å². The highest BCUT2D eigenvalue weighted by atomic mass is 127. The van der Waals surface area contributed by atoms with Gasteiger partial charge in [0, 0.05) is 9.61 Å². The molecule has 9 nitrogen and oxygen atoms in total. The molecule has 192 valence electrons. The van der Waals surface area contributed by atoms with Crippen LogP contribution in [0.4, 0.5) is 11.4 Å².